The summed E-state index contributed by atoms with van der Waals surface area (Å²) in [6.45, 7) is 2.31. The van der Waals surface area contributed by atoms with Crippen LogP contribution in [-0.2, 0) is 4.79 Å². The summed E-state index contributed by atoms with van der Waals surface area (Å²) in [5.41, 5.74) is -0.142. The van der Waals surface area contributed by atoms with Gasteiger partial charge < -0.3 is 4.90 Å². The monoisotopic (exact) mass is 157 g/mol. The van der Waals surface area contributed by atoms with Crippen molar-refractivity contribution in [1.29, 1.82) is 0 Å². The van der Waals surface area contributed by atoms with Crippen LogP contribution in [0.25, 0.3) is 0 Å². The van der Waals surface area contributed by atoms with E-state index in [0.29, 0.717) is 19.4 Å². The molecule has 0 radical (unpaired) electrons. The molecule has 0 saturated carbocycles. The molecule has 2 saturated heterocycles. The maximum Gasteiger partial charge on any atom is 0.223 e. The van der Waals surface area contributed by atoms with E-state index in [-0.39, 0.29) is 11.4 Å². The van der Waals surface area contributed by atoms with E-state index in [2.05, 4.69) is 0 Å². The van der Waals surface area contributed by atoms with E-state index < -0.39 is 6.17 Å². The van der Waals surface area contributed by atoms with Gasteiger partial charge in [0.05, 0.1) is 6.54 Å². The van der Waals surface area contributed by atoms with E-state index in [1.807, 2.05) is 6.92 Å². The highest BCUT2D eigenvalue weighted by Gasteiger charge is 2.48. The van der Waals surface area contributed by atoms with Crippen molar-refractivity contribution < 1.29 is 9.18 Å². The number of hydrogen-bond donors (Lipinski definition) is 0. The number of alkyl halides is 1. The number of halogens is 1. The molecule has 2 aliphatic rings. The zero-order chi connectivity index (χ0) is 8.06. The lowest BCUT2D eigenvalue weighted by Crippen LogP contribution is -2.37. The SMILES string of the molecule is C[C@@]12CCC(=O)N1C[C@H](F)C2. The van der Waals surface area contributed by atoms with Crippen LogP contribution in [0.3, 0.4) is 0 Å². The molecule has 2 fully saturated rings. The fourth-order valence-corrected chi connectivity index (χ4v) is 2.22. The lowest BCUT2D eigenvalue weighted by molar-refractivity contribution is -0.129. The molecule has 0 bridgehead atoms. The molecule has 0 N–H and O–H groups in total. The molecular weight excluding hydrogens is 145 g/mol. The van der Waals surface area contributed by atoms with E-state index >= 15 is 0 Å². The number of hydrogen-bond acceptors (Lipinski definition) is 1. The Bertz CT molecular complexity index is 206. The predicted molar refractivity (Wildman–Crippen MR) is 38.9 cm³/mol. The van der Waals surface area contributed by atoms with Crippen LogP contribution in [0.5, 0.6) is 0 Å². The molecule has 2 atom stereocenters. The Kier molecular flexibility index (Phi) is 1.26. The molecule has 1 amide bonds. The Labute approximate surface area is 65.4 Å². The summed E-state index contributed by atoms with van der Waals surface area (Å²) in [7, 11) is 0. The Balaban J connectivity index is 2.24. The average molecular weight is 157 g/mol. The van der Waals surface area contributed by atoms with Gasteiger partial charge in [0.1, 0.15) is 6.17 Å². The largest absolute Gasteiger partial charge is 0.334 e. The maximum atomic E-state index is 12.9. The Morgan fingerprint density at radius 3 is 3.09 bits per heavy atom. The fraction of sp³-hybridized carbons (Fsp3) is 0.875. The first-order valence-corrected chi connectivity index (χ1v) is 4.06. The van der Waals surface area contributed by atoms with E-state index in [9.17, 15) is 9.18 Å². The molecule has 2 nitrogen and oxygen atoms in total. The highest BCUT2D eigenvalue weighted by atomic mass is 19.1. The van der Waals surface area contributed by atoms with Crippen LogP contribution in [0.1, 0.15) is 26.2 Å². The summed E-state index contributed by atoms with van der Waals surface area (Å²) in [5, 5.41) is 0. The normalized spacial score (nSPS) is 43.3. The zero-order valence-electron chi connectivity index (χ0n) is 6.64. The Morgan fingerprint density at radius 1 is 1.73 bits per heavy atom. The summed E-state index contributed by atoms with van der Waals surface area (Å²) in [6, 6.07) is 0. The molecule has 0 aromatic heterocycles. The first kappa shape index (κ1) is 7.07. The summed E-state index contributed by atoms with van der Waals surface area (Å²) < 4.78 is 12.9. The van der Waals surface area contributed by atoms with Gasteiger partial charge in [0.15, 0.2) is 0 Å². The zero-order valence-corrected chi connectivity index (χ0v) is 6.64. The number of nitrogens with zero attached hydrogens (tertiary/aromatic N) is 1. The second-order valence-corrected chi connectivity index (χ2v) is 3.80. The minimum atomic E-state index is -0.788. The summed E-state index contributed by atoms with van der Waals surface area (Å²) >= 11 is 0. The molecule has 0 aromatic rings. The van der Waals surface area contributed by atoms with Gasteiger partial charge >= 0.3 is 0 Å². The Morgan fingerprint density at radius 2 is 2.45 bits per heavy atom. The minimum Gasteiger partial charge on any atom is -0.334 e. The van der Waals surface area contributed by atoms with Crippen LogP contribution in [0.4, 0.5) is 4.39 Å². The summed E-state index contributed by atoms with van der Waals surface area (Å²) in [6.07, 6.45) is 1.21. The lowest BCUT2D eigenvalue weighted by Gasteiger charge is -2.26. The van der Waals surface area contributed by atoms with Gasteiger partial charge in [-0.1, -0.05) is 0 Å². The number of fused-ring (bicyclic) bond motifs is 1. The molecule has 2 rings (SSSR count). The van der Waals surface area contributed by atoms with Gasteiger partial charge in [-0.05, 0) is 13.3 Å². The second-order valence-electron chi connectivity index (χ2n) is 3.80. The first-order valence-electron chi connectivity index (χ1n) is 4.06. The summed E-state index contributed by atoms with van der Waals surface area (Å²) in [4.78, 5) is 12.9. The first-order chi connectivity index (χ1) is 5.12. The fourth-order valence-electron chi connectivity index (χ4n) is 2.22. The van der Waals surface area contributed by atoms with Crippen molar-refractivity contribution in [1.82, 2.24) is 4.90 Å². The van der Waals surface area contributed by atoms with Crippen molar-refractivity contribution >= 4 is 5.91 Å². The number of amides is 1. The van der Waals surface area contributed by atoms with E-state index in [1.54, 1.807) is 4.90 Å². The Hall–Kier alpha value is -0.600. The quantitative estimate of drug-likeness (QED) is 0.515. The molecule has 3 heteroatoms. The molecular formula is C8H12FNO. The molecule has 0 aliphatic carbocycles. The molecule has 0 unspecified atom stereocenters. The minimum absolute atomic E-state index is 0.132. The number of carbonyl (C=O) groups excluding carboxylic acids is 1. The average Bonchev–Trinajstić information content (AvgIpc) is 2.32. The number of carbonyl (C=O) groups is 1. The van der Waals surface area contributed by atoms with E-state index in [0.717, 1.165) is 6.42 Å². The van der Waals surface area contributed by atoms with Crippen molar-refractivity contribution in [3.8, 4) is 0 Å². The van der Waals surface area contributed by atoms with Gasteiger partial charge in [-0.25, -0.2) is 4.39 Å². The van der Waals surface area contributed by atoms with Gasteiger partial charge in [-0.2, -0.15) is 0 Å². The molecule has 0 aromatic carbocycles. The van der Waals surface area contributed by atoms with Gasteiger partial charge in [0, 0.05) is 18.4 Å². The van der Waals surface area contributed by atoms with Crippen molar-refractivity contribution in [3.05, 3.63) is 0 Å². The topological polar surface area (TPSA) is 20.3 Å². The maximum absolute atomic E-state index is 12.9. The van der Waals surface area contributed by atoms with Gasteiger partial charge in [0.25, 0.3) is 0 Å². The molecule has 2 heterocycles. The molecule has 0 spiro atoms. The molecule has 2 aliphatic heterocycles. The van der Waals surface area contributed by atoms with Crippen LogP contribution in [0.2, 0.25) is 0 Å². The van der Waals surface area contributed by atoms with Crippen molar-refractivity contribution in [2.75, 3.05) is 6.54 Å². The van der Waals surface area contributed by atoms with Gasteiger partial charge in [-0.15, -0.1) is 0 Å². The highest BCUT2D eigenvalue weighted by Crippen LogP contribution is 2.39. The lowest BCUT2D eigenvalue weighted by atomic mass is 9.97. The van der Waals surface area contributed by atoms with E-state index in [1.165, 1.54) is 0 Å². The van der Waals surface area contributed by atoms with Gasteiger partial charge in [0.2, 0.25) is 5.91 Å². The standard InChI is InChI=1S/C8H12FNO/c1-8-3-2-7(11)10(8)5-6(9)4-8/h6H,2-5H2,1H3/t6-,8+/m1/s1. The van der Waals surface area contributed by atoms with Crippen molar-refractivity contribution in [2.45, 2.75) is 37.9 Å². The van der Waals surface area contributed by atoms with Crippen molar-refractivity contribution in [3.63, 3.8) is 0 Å². The van der Waals surface area contributed by atoms with Crippen molar-refractivity contribution in [2.24, 2.45) is 0 Å². The molecule has 11 heavy (non-hydrogen) atoms. The van der Waals surface area contributed by atoms with Gasteiger partial charge in [-0.3, -0.25) is 4.79 Å². The summed E-state index contributed by atoms with van der Waals surface area (Å²) in [5.74, 6) is 0.132. The van der Waals surface area contributed by atoms with E-state index in [4.69, 9.17) is 0 Å². The third kappa shape index (κ3) is 0.865. The molecule has 62 valence electrons. The third-order valence-electron chi connectivity index (χ3n) is 2.87. The highest BCUT2D eigenvalue weighted by molar-refractivity contribution is 5.80. The van der Waals surface area contributed by atoms with Crippen LogP contribution in [0.15, 0.2) is 0 Å². The van der Waals surface area contributed by atoms with Crippen LogP contribution >= 0.6 is 0 Å². The van der Waals surface area contributed by atoms with Crippen LogP contribution in [0, 0.1) is 0 Å². The smallest absolute Gasteiger partial charge is 0.223 e. The van der Waals surface area contributed by atoms with Crippen LogP contribution in [-0.4, -0.2) is 29.1 Å². The van der Waals surface area contributed by atoms with Crippen LogP contribution < -0.4 is 0 Å². The number of rotatable bonds is 0. The second kappa shape index (κ2) is 1.96. The predicted octanol–water partition coefficient (Wildman–Crippen LogP) is 1.11. The third-order valence-corrected chi connectivity index (χ3v) is 2.87.